The molecule has 0 aliphatic carbocycles. The van der Waals surface area contributed by atoms with Crippen LogP contribution in [-0.4, -0.2) is 30.1 Å². The van der Waals surface area contributed by atoms with Gasteiger partial charge in [0.05, 0.1) is 0 Å². The lowest BCUT2D eigenvalue weighted by molar-refractivity contribution is -0.121. The highest BCUT2D eigenvalue weighted by Crippen LogP contribution is 2.18. The highest BCUT2D eigenvalue weighted by Gasteiger charge is 2.20. The molecule has 0 atom stereocenters. The van der Waals surface area contributed by atoms with Crippen LogP contribution in [0.1, 0.15) is 22.4 Å². The van der Waals surface area contributed by atoms with Crippen LogP contribution in [0.15, 0.2) is 90.0 Å². The first-order valence-corrected chi connectivity index (χ1v) is 11.3. The van der Waals surface area contributed by atoms with Crippen LogP contribution in [0, 0.1) is 6.92 Å². The number of carbonyl (C=O) groups is 1. The molecule has 5 rings (SSSR count). The molecule has 5 aromatic rings. The van der Waals surface area contributed by atoms with Crippen LogP contribution < -0.4 is 10.9 Å². The van der Waals surface area contributed by atoms with Gasteiger partial charge < -0.3 is 9.88 Å². The molecular weight excluding hydrogens is 440 g/mol. The van der Waals surface area contributed by atoms with Crippen LogP contribution in [0.25, 0.3) is 17.2 Å². The van der Waals surface area contributed by atoms with Crippen LogP contribution in [0.3, 0.4) is 0 Å². The van der Waals surface area contributed by atoms with E-state index in [4.69, 9.17) is 0 Å². The lowest BCUT2D eigenvalue weighted by Gasteiger charge is -2.15. The molecule has 0 saturated heterocycles. The van der Waals surface area contributed by atoms with E-state index in [-0.39, 0.29) is 18.0 Å². The van der Waals surface area contributed by atoms with Crippen LogP contribution in [0.5, 0.6) is 0 Å². The number of nitrogens with one attached hydrogen (secondary N) is 1. The summed E-state index contributed by atoms with van der Waals surface area (Å²) in [6, 6.07) is 23.0. The van der Waals surface area contributed by atoms with Gasteiger partial charge in [0, 0.05) is 42.2 Å². The van der Waals surface area contributed by atoms with Gasteiger partial charge in [-0.3, -0.25) is 14.6 Å². The van der Waals surface area contributed by atoms with Crippen molar-refractivity contribution in [3.05, 3.63) is 118 Å². The Labute approximate surface area is 201 Å². The summed E-state index contributed by atoms with van der Waals surface area (Å²) < 4.78 is 3.07. The standard InChI is InChI=1S/C27H24N6O2/c1-19-23(15-20-9-4-2-5-10-20)26(35)33-27(30-25(31-33)22-12-6-3-7-13-22)32(19)18-24(34)29-17-21-11-8-14-28-16-21/h2-14,16H,15,17-18H2,1H3,(H,29,34). The number of hydrogen-bond acceptors (Lipinski definition) is 5. The van der Waals surface area contributed by atoms with E-state index in [9.17, 15) is 9.59 Å². The number of amides is 1. The van der Waals surface area contributed by atoms with E-state index in [2.05, 4.69) is 20.4 Å². The van der Waals surface area contributed by atoms with E-state index >= 15 is 0 Å². The molecule has 35 heavy (non-hydrogen) atoms. The van der Waals surface area contributed by atoms with E-state index in [0.717, 1.165) is 16.7 Å². The fraction of sp³-hybridized carbons (Fsp3) is 0.148. The number of carbonyl (C=O) groups excluding carboxylic acids is 1. The van der Waals surface area contributed by atoms with Gasteiger partial charge in [-0.2, -0.15) is 9.50 Å². The fourth-order valence-corrected chi connectivity index (χ4v) is 4.02. The summed E-state index contributed by atoms with van der Waals surface area (Å²) in [6.07, 6.45) is 3.83. The minimum absolute atomic E-state index is 0.00455. The summed E-state index contributed by atoms with van der Waals surface area (Å²) in [7, 11) is 0. The van der Waals surface area contributed by atoms with Crippen molar-refractivity contribution in [1.82, 2.24) is 29.5 Å². The number of fused-ring (bicyclic) bond motifs is 1. The maximum absolute atomic E-state index is 13.5. The number of nitrogens with zero attached hydrogens (tertiary/aromatic N) is 5. The Balaban J connectivity index is 1.56. The van der Waals surface area contributed by atoms with Crippen LogP contribution in [0.2, 0.25) is 0 Å². The van der Waals surface area contributed by atoms with E-state index in [1.807, 2.05) is 79.7 Å². The number of aromatic nitrogens is 5. The Morgan fingerprint density at radius 3 is 2.37 bits per heavy atom. The Bertz CT molecular complexity index is 1530. The largest absolute Gasteiger partial charge is 0.350 e. The molecular formula is C27H24N6O2. The molecule has 2 aromatic carbocycles. The van der Waals surface area contributed by atoms with Crippen molar-refractivity contribution in [2.45, 2.75) is 26.4 Å². The summed E-state index contributed by atoms with van der Waals surface area (Å²) >= 11 is 0. The normalized spacial score (nSPS) is 11.0. The molecule has 8 nitrogen and oxygen atoms in total. The predicted molar refractivity (Wildman–Crippen MR) is 133 cm³/mol. The Morgan fingerprint density at radius 2 is 1.66 bits per heavy atom. The van der Waals surface area contributed by atoms with Gasteiger partial charge in [-0.05, 0) is 24.1 Å². The van der Waals surface area contributed by atoms with Gasteiger partial charge in [0.1, 0.15) is 6.54 Å². The van der Waals surface area contributed by atoms with Gasteiger partial charge >= 0.3 is 0 Å². The third-order valence-electron chi connectivity index (χ3n) is 5.89. The van der Waals surface area contributed by atoms with Crippen molar-refractivity contribution in [3.8, 4) is 11.4 Å². The molecule has 0 aliphatic heterocycles. The van der Waals surface area contributed by atoms with Crippen molar-refractivity contribution >= 4 is 11.7 Å². The van der Waals surface area contributed by atoms with Crippen LogP contribution >= 0.6 is 0 Å². The minimum atomic E-state index is -0.233. The predicted octanol–water partition coefficient (Wildman–Crippen LogP) is 3.17. The molecule has 0 radical (unpaired) electrons. The number of benzene rings is 2. The lowest BCUT2D eigenvalue weighted by Crippen LogP contribution is -2.32. The van der Waals surface area contributed by atoms with Crippen molar-refractivity contribution in [2.75, 3.05) is 0 Å². The van der Waals surface area contributed by atoms with Gasteiger partial charge in [-0.1, -0.05) is 66.7 Å². The highest BCUT2D eigenvalue weighted by molar-refractivity contribution is 5.76. The number of pyridine rings is 1. The first-order chi connectivity index (χ1) is 17.1. The topological polar surface area (TPSA) is 94.2 Å². The zero-order chi connectivity index (χ0) is 24.2. The molecule has 0 unspecified atom stereocenters. The van der Waals surface area contributed by atoms with Crippen molar-refractivity contribution in [3.63, 3.8) is 0 Å². The van der Waals surface area contributed by atoms with Crippen LogP contribution in [-0.2, 0) is 24.3 Å². The highest BCUT2D eigenvalue weighted by atomic mass is 16.2. The van der Waals surface area contributed by atoms with Crippen molar-refractivity contribution < 1.29 is 4.79 Å². The second-order valence-corrected chi connectivity index (χ2v) is 8.27. The van der Waals surface area contributed by atoms with Gasteiger partial charge in [0.25, 0.3) is 5.56 Å². The molecule has 0 saturated carbocycles. The molecule has 1 N–H and O–H groups in total. The lowest BCUT2D eigenvalue weighted by atomic mass is 10.0. The molecule has 3 aromatic heterocycles. The number of rotatable bonds is 7. The summed E-state index contributed by atoms with van der Waals surface area (Å²) in [5.41, 5.74) is 3.74. The summed E-state index contributed by atoms with van der Waals surface area (Å²) in [4.78, 5) is 35.1. The zero-order valence-electron chi connectivity index (χ0n) is 19.3. The van der Waals surface area contributed by atoms with E-state index in [1.54, 1.807) is 17.0 Å². The second kappa shape index (κ2) is 9.72. The van der Waals surface area contributed by atoms with E-state index < -0.39 is 0 Å². The molecule has 3 heterocycles. The molecule has 0 aliphatic rings. The van der Waals surface area contributed by atoms with Gasteiger partial charge in [-0.15, -0.1) is 5.10 Å². The number of hydrogen-bond donors (Lipinski definition) is 1. The summed E-state index contributed by atoms with van der Waals surface area (Å²) in [6.45, 7) is 2.22. The summed E-state index contributed by atoms with van der Waals surface area (Å²) in [5, 5.41) is 7.45. The first-order valence-electron chi connectivity index (χ1n) is 11.3. The van der Waals surface area contributed by atoms with Gasteiger partial charge in [0.2, 0.25) is 11.7 Å². The maximum atomic E-state index is 13.5. The first kappa shape index (κ1) is 22.2. The molecule has 0 fully saturated rings. The molecule has 8 heteroatoms. The SMILES string of the molecule is Cc1c(Cc2ccccc2)c(=O)n2nc(-c3ccccc3)nc2n1CC(=O)NCc1cccnc1. The quantitative estimate of drug-likeness (QED) is 0.399. The van der Waals surface area contributed by atoms with E-state index in [1.165, 1.54) is 4.52 Å². The summed E-state index contributed by atoms with van der Waals surface area (Å²) in [5.74, 6) is 0.570. The molecule has 174 valence electrons. The molecule has 1 amide bonds. The smallest absolute Gasteiger partial charge is 0.279 e. The fourth-order valence-electron chi connectivity index (χ4n) is 4.02. The van der Waals surface area contributed by atoms with Gasteiger partial charge in [0.15, 0.2) is 5.82 Å². The van der Waals surface area contributed by atoms with Crippen molar-refractivity contribution in [1.29, 1.82) is 0 Å². The molecule has 0 spiro atoms. The average Bonchev–Trinajstić information content (AvgIpc) is 3.35. The zero-order valence-corrected chi connectivity index (χ0v) is 19.3. The monoisotopic (exact) mass is 464 g/mol. The third kappa shape index (κ3) is 4.72. The minimum Gasteiger partial charge on any atom is -0.350 e. The van der Waals surface area contributed by atoms with Crippen molar-refractivity contribution in [2.24, 2.45) is 0 Å². The van der Waals surface area contributed by atoms with Crippen LogP contribution in [0.4, 0.5) is 0 Å². The third-order valence-corrected chi connectivity index (χ3v) is 5.89. The van der Waals surface area contributed by atoms with Gasteiger partial charge in [-0.25, -0.2) is 0 Å². The Hall–Kier alpha value is -4.59. The average molecular weight is 465 g/mol. The Morgan fingerprint density at radius 1 is 0.943 bits per heavy atom. The molecule has 0 bridgehead atoms. The van der Waals surface area contributed by atoms with E-state index in [0.29, 0.717) is 35.8 Å². The Kier molecular flexibility index (Phi) is 6.17. The maximum Gasteiger partial charge on any atom is 0.279 e. The second-order valence-electron chi connectivity index (χ2n) is 8.27.